The molecule has 0 radical (unpaired) electrons. The van der Waals surface area contributed by atoms with E-state index in [-0.39, 0.29) is 0 Å². The van der Waals surface area contributed by atoms with Gasteiger partial charge in [-0.3, -0.25) is 4.79 Å². The normalized spacial score (nSPS) is 10.5. The Bertz CT molecular complexity index is 320. The lowest BCUT2D eigenvalue weighted by Crippen LogP contribution is -1.89. The third-order valence-electron chi connectivity index (χ3n) is 1.45. The van der Waals surface area contributed by atoms with Crippen LogP contribution in [0.25, 0.3) is 6.08 Å². The second-order valence-corrected chi connectivity index (χ2v) is 2.30. The average molecular weight is 165 g/mol. The highest BCUT2D eigenvalue weighted by molar-refractivity contribution is 5.74. The van der Waals surface area contributed by atoms with Crippen molar-refractivity contribution in [2.45, 2.75) is 6.92 Å². The predicted octanol–water partition coefficient (Wildman–Crippen LogP) is 1.74. The van der Waals surface area contributed by atoms with Gasteiger partial charge >= 0.3 is 0 Å². The molecular formula is C9H8FNO. The van der Waals surface area contributed by atoms with E-state index in [0.717, 1.165) is 5.56 Å². The molecule has 1 rings (SSSR count). The predicted molar refractivity (Wildman–Crippen MR) is 44.0 cm³/mol. The molecule has 0 aliphatic heterocycles. The van der Waals surface area contributed by atoms with Gasteiger partial charge in [-0.2, -0.15) is 4.39 Å². The summed E-state index contributed by atoms with van der Waals surface area (Å²) < 4.78 is 12.5. The summed E-state index contributed by atoms with van der Waals surface area (Å²) in [5, 5.41) is 0. The van der Waals surface area contributed by atoms with Gasteiger partial charge in [-0.15, -0.1) is 0 Å². The van der Waals surface area contributed by atoms with Crippen molar-refractivity contribution in [3.8, 4) is 0 Å². The van der Waals surface area contributed by atoms with Crippen LogP contribution in [-0.4, -0.2) is 11.3 Å². The van der Waals surface area contributed by atoms with Crippen LogP contribution in [0.5, 0.6) is 0 Å². The molecule has 0 saturated carbocycles. The molecule has 0 fully saturated rings. The Kier molecular flexibility index (Phi) is 2.69. The van der Waals surface area contributed by atoms with Gasteiger partial charge in [0, 0.05) is 5.69 Å². The topological polar surface area (TPSA) is 30.0 Å². The molecule has 0 amide bonds. The minimum Gasteiger partial charge on any atom is -0.299 e. The summed E-state index contributed by atoms with van der Waals surface area (Å²) in [4.78, 5) is 13.6. The van der Waals surface area contributed by atoms with Crippen molar-refractivity contribution < 1.29 is 9.18 Å². The van der Waals surface area contributed by atoms with Crippen LogP contribution in [0.2, 0.25) is 0 Å². The smallest absolute Gasteiger partial charge is 0.213 e. The zero-order chi connectivity index (χ0) is 8.97. The van der Waals surface area contributed by atoms with Crippen LogP contribution >= 0.6 is 0 Å². The molecule has 2 nitrogen and oxygen atoms in total. The third-order valence-corrected chi connectivity index (χ3v) is 1.45. The van der Waals surface area contributed by atoms with Crippen LogP contribution in [0.15, 0.2) is 18.2 Å². The standard InChI is InChI=1S/C9H8FNO/c1-7-8(3-2-6-12)4-5-9(10)11-7/h2-6H,1H3. The molecule has 12 heavy (non-hydrogen) atoms. The highest BCUT2D eigenvalue weighted by Gasteiger charge is 1.96. The maximum Gasteiger partial charge on any atom is 0.213 e. The molecule has 0 aromatic carbocycles. The van der Waals surface area contributed by atoms with Gasteiger partial charge in [0.25, 0.3) is 0 Å². The maximum absolute atomic E-state index is 12.5. The number of aldehydes is 1. The van der Waals surface area contributed by atoms with E-state index in [9.17, 15) is 9.18 Å². The van der Waals surface area contributed by atoms with Gasteiger partial charge in [0.1, 0.15) is 6.29 Å². The summed E-state index contributed by atoms with van der Waals surface area (Å²) in [6.45, 7) is 1.69. The van der Waals surface area contributed by atoms with Crippen molar-refractivity contribution in [1.29, 1.82) is 0 Å². The van der Waals surface area contributed by atoms with Crippen molar-refractivity contribution in [2.75, 3.05) is 0 Å². The number of carbonyl (C=O) groups excluding carboxylic acids is 1. The van der Waals surface area contributed by atoms with Crippen molar-refractivity contribution in [3.63, 3.8) is 0 Å². The number of carbonyl (C=O) groups is 1. The van der Waals surface area contributed by atoms with Gasteiger partial charge in [0.15, 0.2) is 0 Å². The van der Waals surface area contributed by atoms with E-state index < -0.39 is 5.95 Å². The average Bonchev–Trinajstić information content (AvgIpc) is 2.03. The Hall–Kier alpha value is -1.51. The molecule has 0 spiro atoms. The van der Waals surface area contributed by atoms with Gasteiger partial charge in [-0.05, 0) is 36.8 Å². The van der Waals surface area contributed by atoms with Gasteiger partial charge in [0.2, 0.25) is 5.95 Å². The van der Waals surface area contributed by atoms with Crippen LogP contribution in [0, 0.1) is 12.9 Å². The second kappa shape index (κ2) is 3.76. The van der Waals surface area contributed by atoms with Crippen molar-refractivity contribution >= 4 is 12.4 Å². The summed E-state index contributed by atoms with van der Waals surface area (Å²) in [6, 6.07) is 2.84. The molecule has 0 N–H and O–H groups in total. The Morgan fingerprint density at radius 2 is 2.25 bits per heavy atom. The fourth-order valence-electron chi connectivity index (χ4n) is 0.860. The largest absolute Gasteiger partial charge is 0.299 e. The molecule has 0 aliphatic carbocycles. The number of pyridine rings is 1. The Balaban J connectivity index is 3.01. The van der Waals surface area contributed by atoms with Crippen LogP contribution in [0.4, 0.5) is 4.39 Å². The number of halogens is 1. The summed E-state index contributed by atoms with van der Waals surface area (Å²) in [5.41, 5.74) is 1.33. The molecule has 0 aliphatic rings. The highest BCUT2D eigenvalue weighted by atomic mass is 19.1. The monoisotopic (exact) mass is 165 g/mol. The minimum atomic E-state index is -0.504. The zero-order valence-electron chi connectivity index (χ0n) is 6.62. The fourth-order valence-corrected chi connectivity index (χ4v) is 0.860. The first-order valence-corrected chi connectivity index (χ1v) is 3.49. The fraction of sp³-hybridized carbons (Fsp3) is 0.111. The van der Waals surface area contributed by atoms with E-state index in [4.69, 9.17) is 0 Å². The Morgan fingerprint density at radius 3 is 2.83 bits per heavy atom. The number of allylic oxidation sites excluding steroid dienone is 1. The van der Waals surface area contributed by atoms with E-state index in [2.05, 4.69) is 4.98 Å². The number of aryl methyl sites for hydroxylation is 1. The molecule has 62 valence electrons. The number of aromatic nitrogens is 1. The molecule has 3 heteroatoms. The number of rotatable bonds is 2. The van der Waals surface area contributed by atoms with E-state index in [0.29, 0.717) is 12.0 Å². The molecule has 1 aromatic heterocycles. The molecular weight excluding hydrogens is 157 g/mol. The first-order chi connectivity index (χ1) is 5.74. The molecule has 1 aromatic rings. The second-order valence-electron chi connectivity index (χ2n) is 2.30. The summed E-state index contributed by atoms with van der Waals surface area (Å²) in [6.07, 6.45) is 3.61. The molecule has 0 saturated heterocycles. The molecule has 0 bridgehead atoms. The Labute approximate surface area is 69.7 Å². The van der Waals surface area contributed by atoms with Crippen LogP contribution < -0.4 is 0 Å². The van der Waals surface area contributed by atoms with Crippen LogP contribution in [-0.2, 0) is 4.79 Å². The number of hydrogen-bond donors (Lipinski definition) is 0. The zero-order valence-corrected chi connectivity index (χ0v) is 6.62. The first-order valence-electron chi connectivity index (χ1n) is 3.49. The van der Waals surface area contributed by atoms with Crippen molar-refractivity contribution in [1.82, 2.24) is 4.98 Å². The van der Waals surface area contributed by atoms with Crippen molar-refractivity contribution in [3.05, 3.63) is 35.4 Å². The lowest BCUT2D eigenvalue weighted by atomic mass is 10.2. The molecule has 0 unspecified atom stereocenters. The first kappa shape index (κ1) is 8.59. The highest BCUT2D eigenvalue weighted by Crippen LogP contribution is 2.07. The quantitative estimate of drug-likeness (QED) is 0.379. The van der Waals surface area contributed by atoms with E-state index in [1.807, 2.05) is 0 Å². The summed E-state index contributed by atoms with van der Waals surface area (Å²) in [7, 11) is 0. The van der Waals surface area contributed by atoms with E-state index >= 15 is 0 Å². The summed E-state index contributed by atoms with van der Waals surface area (Å²) >= 11 is 0. The van der Waals surface area contributed by atoms with E-state index in [1.54, 1.807) is 19.1 Å². The van der Waals surface area contributed by atoms with Crippen LogP contribution in [0.3, 0.4) is 0 Å². The van der Waals surface area contributed by atoms with Gasteiger partial charge in [-0.25, -0.2) is 4.98 Å². The number of hydrogen-bond acceptors (Lipinski definition) is 2. The third kappa shape index (κ3) is 1.99. The summed E-state index contributed by atoms with van der Waals surface area (Å²) in [5.74, 6) is -0.504. The Morgan fingerprint density at radius 1 is 1.50 bits per heavy atom. The number of nitrogens with zero attached hydrogens (tertiary/aromatic N) is 1. The lowest BCUT2D eigenvalue weighted by molar-refractivity contribution is -0.104. The molecule has 0 atom stereocenters. The maximum atomic E-state index is 12.5. The van der Waals surface area contributed by atoms with Gasteiger partial charge in [0.05, 0.1) is 0 Å². The van der Waals surface area contributed by atoms with Crippen molar-refractivity contribution in [2.24, 2.45) is 0 Å². The SMILES string of the molecule is Cc1nc(F)ccc1C=CC=O. The van der Waals surface area contributed by atoms with E-state index in [1.165, 1.54) is 12.1 Å². The lowest BCUT2D eigenvalue weighted by Gasteiger charge is -1.97. The molecule has 1 heterocycles. The van der Waals surface area contributed by atoms with Crippen LogP contribution in [0.1, 0.15) is 11.3 Å². The minimum absolute atomic E-state index is 0.504. The van der Waals surface area contributed by atoms with Gasteiger partial charge < -0.3 is 0 Å². The van der Waals surface area contributed by atoms with Gasteiger partial charge in [-0.1, -0.05) is 0 Å².